The zero-order chi connectivity index (χ0) is 20.3. The van der Waals surface area contributed by atoms with E-state index in [1.54, 1.807) is 5.38 Å². The lowest BCUT2D eigenvalue weighted by Gasteiger charge is -2.06. The van der Waals surface area contributed by atoms with Crippen LogP contribution in [0.15, 0.2) is 52.7 Å². The highest BCUT2D eigenvalue weighted by molar-refractivity contribution is 7.90. The van der Waals surface area contributed by atoms with Crippen LogP contribution in [-0.2, 0) is 14.6 Å². The number of ether oxygens (including phenoxy) is 1. The number of aromatic nitrogens is 1. The number of anilines is 1. The van der Waals surface area contributed by atoms with Gasteiger partial charge in [0.15, 0.2) is 33.2 Å². The van der Waals surface area contributed by atoms with Crippen molar-refractivity contribution < 1.29 is 26.7 Å². The van der Waals surface area contributed by atoms with Crippen LogP contribution in [0.2, 0.25) is 0 Å². The second-order valence-electron chi connectivity index (χ2n) is 5.75. The molecule has 146 valence electrons. The second-order valence-corrected chi connectivity index (χ2v) is 8.62. The highest BCUT2D eigenvalue weighted by Gasteiger charge is 2.11. The van der Waals surface area contributed by atoms with E-state index in [9.17, 15) is 22.0 Å². The van der Waals surface area contributed by atoms with E-state index in [1.807, 2.05) is 0 Å². The first-order valence-electron chi connectivity index (χ1n) is 7.86. The van der Waals surface area contributed by atoms with E-state index < -0.39 is 27.4 Å². The zero-order valence-corrected chi connectivity index (χ0v) is 16.1. The van der Waals surface area contributed by atoms with Crippen molar-refractivity contribution in [2.45, 2.75) is 4.90 Å². The summed E-state index contributed by atoms with van der Waals surface area (Å²) in [7, 11) is -3.30. The van der Waals surface area contributed by atoms with E-state index >= 15 is 0 Å². The van der Waals surface area contributed by atoms with Gasteiger partial charge in [-0.15, -0.1) is 11.3 Å². The molecule has 1 aromatic heterocycles. The molecule has 0 fully saturated rings. The number of amides is 1. The SMILES string of the molecule is CS(=O)(=O)c1ccc(OCC(=O)Nc2nc(-c3ccc(F)c(F)c3)cs2)cc1. The Morgan fingerprint density at radius 2 is 1.86 bits per heavy atom. The Balaban J connectivity index is 1.58. The van der Waals surface area contributed by atoms with Gasteiger partial charge in [-0.3, -0.25) is 10.1 Å². The van der Waals surface area contributed by atoms with E-state index in [2.05, 4.69) is 10.3 Å². The summed E-state index contributed by atoms with van der Waals surface area (Å²) < 4.78 is 54.4. The molecule has 0 unspecified atom stereocenters. The van der Waals surface area contributed by atoms with E-state index in [4.69, 9.17) is 4.74 Å². The van der Waals surface area contributed by atoms with Gasteiger partial charge < -0.3 is 4.74 Å². The Hall–Kier alpha value is -2.85. The van der Waals surface area contributed by atoms with Gasteiger partial charge in [0.05, 0.1) is 10.6 Å². The van der Waals surface area contributed by atoms with Crippen molar-refractivity contribution >= 4 is 32.2 Å². The van der Waals surface area contributed by atoms with Crippen LogP contribution in [0.5, 0.6) is 5.75 Å². The maximum atomic E-state index is 13.3. The van der Waals surface area contributed by atoms with Crippen molar-refractivity contribution in [2.24, 2.45) is 0 Å². The van der Waals surface area contributed by atoms with Crippen LogP contribution in [0.1, 0.15) is 0 Å². The molecule has 1 amide bonds. The molecule has 0 aliphatic rings. The zero-order valence-electron chi connectivity index (χ0n) is 14.5. The molecule has 28 heavy (non-hydrogen) atoms. The van der Waals surface area contributed by atoms with Crippen molar-refractivity contribution in [1.29, 1.82) is 0 Å². The van der Waals surface area contributed by atoms with Gasteiger partial charge in [0.25, 0.3) is 5.91 Å². The topological polar surface area (TPSA) is 85.4 Å². The van der Waals surface area contributed by atoms with E-state index in [0.717, 1.165) is 29.7 Å². The first-order valence-corrected chi connectivity index (χ1v) is 10.6. The third-order valence-corrected chi connectivity index (χ3v) is 5.47. The van der Waals surface area contributed by atoms with Gasteiger partial charge in [-0.25, -0.2) is 22.2 Å². The fourth-order valence-corrected chi connectivity index (χ4v) is 3.57. The molecule has 0 aliphatic carbocycles. The molecule has 0 saturated carbocycles. The smallest absolute Gasteiger partial charge is 0.264 e. The average molecular weight is 424 g/mol. The lowest BCUT2D eigenvalue weighted by Crippen LogP contribution is -2.20. The van der Waals surface area contributed by atoms with E-state index in [-0.39, 0.29) is 16.6 Å². The molecule has 2 aromatic carbocycles. The third kappa shape index (κ3) is 4.90. The maximum Gasteiger partial charge on any atom is 0.264 e. The molecule has 0 aliphatic heterocycles. The van der Waals surface area contributed by atoms with Gasteiger partial charge in [0.1, 0.15) is 5.75 Å². The van der Waals surface area contributed by atoms with Crippen LogP contribution in [0, 0.1) is 11.6 Å². The van der Waals surface area contributed by atoms with Crippen molar-refractivity contribution in [3.05, 3.63) is 59.5 Å². The van der Waals surface area contributed by atoms with Crippen molar-refractivity contribution in [2.75, 3.05) is 18.2 Å². The first kappa shape index (κ1) is 19.9. The summed E-state index contributed by atoms with van der Waals surface area (Å²) in [6, 6.07) is 9.10. The van der Waals surface area contributed by atoms with Crippen LogP contribution in [0.4, 0.5) is 13.9 Å². The Kier molecular flexibility index (Phi) is 5.71. The highest BCUT2D eigenvalue weighted by Crippen LogP contribution is 2.26. The quantitative estimate of drug-likeness (QED) is 0.655. The first-order chi connectivity index (χ1) is 13.2. The van der Waals surface area contributed by atoms with Gasteiger partial charge in [-0.05, 0) is 42.5 Å². The normalized spacial score (nSPS) is 11.2. The largest absolute Gasteiger partial charge is 0.484 e. The molecule has 0 radical (unpaired) electrons. The summed E-state index contributed by atoms with van der Waals surface area (Å²) in [5, 5.41) is 4.43. The predicted molar refractivity (Wildman–Crippen MR) is 101 cm³/mol. The number of halogens is 2. The van der Waals surface area contributed by atoms with Crippen LogP contribution in [0.25, 0.3) is 11.3 Å². The fourth-order valence-electron chi connectivity index (χ4n) is 2.21. The molecule has 0 bridgehead atoms. The fraction of sp³-hybridized carbons (Fsp3) is 0.111. The number of nitrogens with zero attached hydrogens (tertiary/aromatic N) is 1. The number of carbonyl (C=O) groups excluding carboxylic acids is 1. The summed E-state index contributed by atoms with van der Waals surface area (Å²) in [6.45, 7) is -0.307. The van der Waals surface area contributed by atoms with Gasteiger partial charge in [-0.2, -0.15) is 0 Å². The molecule has 3 aromatic rings. The summed E-state index contributed by atoms with van der Waals surface area (Å²) in [5.41, 5.74) is 0.786. The standard InChI is InChI=1S/C18H14F2N2O4S2/c1-28(24,25)13-5-3-12(4-6-13)26-9-17(23)22-18-21-16(10-27-18)11-2-7-14(19)15(20)8-11/h2-8,10H,9H2,1H3,(H,21,22,23). The summed E-state index contributed by atoms with van der Waals surface area (Å²) in [5.74, 6) is -2.07. The highest BCUT2D eigenvalue weighted by atomic mass is 32.2. The lowest BCUT2D eigenvalue weighted by atomic mass is 10.2. The number of carbonyl (C=O) groups is 1. The minimum absolute atomic E-state index is 0.150. The molecule has 3 rings (SSSR count). The Labute approximate surface area is 163 Å². The molecule has 0 atom stereocenters. The molecular weight excluding hydrogens is 410 g/mol. The van der Waals surface area contributed by atoms with Gasteiger partial charge >= 0.3 is 0 Å². The van der Waals surface area contributed by atoms with Gasteiger partial charge in [0, 0.05) is 17.2 Å². The Morgan fingerprint density at radius 3 is 2.50 bits per heavy atom. The van der Waals surface area contributed by atoms with Crippen LogP contribution >= 0.6 is 11.3 Å². The number of thiazole rings is 1. The minimum Gasteiger partial charge on any atom is -0.484 e. The number of rotatable bonds is 6. The molecule has 10 heteroatoms. The van der Waals surface area contributed by atoms with Crippen molar-refractivity contribution in [3.63, 3.8) is 0 Å². The monoisotopic (exact) mass is 424 g/mol. The number of hydrogen-bond acceptors (Lipinski definition) is 6. The third-order valence-electron chi connectivity index (χ3n) is 3.59. The van der Waals surface area contributed by atoms with E-state index in [1.165, 1.54) is 30.3 Å². The molecule has 1 N–H and O–H groups in total. The van der Waals surface area contributed by atoms with Gasteiger partial charge in [-0.1, -0.05) is 0 Å². The van der Waals surface area contributed by atoms with Crippen LogP contribution in [0.3, 0.4) is 0 Å². The summed E-state index contributed by atoms with van der Waals surface area (Å²) in [4.78, 5) is 16.3. The van der Waals surface area contributed by atoms with Crippen LogP contribution in [-0.4, -0.2) is 32.2 Å². The number of benzene rings is 2. The number of nitrogens with one attached hydrogen (secondary N) is 1. The van der Waals surface area contributed by atoms with Gasteiger partial charge in [0.2, 0.25) is 0 Å². The lowest BCUT2D eigenvalue weighted by molar-refractivity contribution is -0.118. The van der Waals surface area contributed by atoms with Crippen molar-refractivity contribution in [1.82, 2.24) is 4.98 Å². The van der Waals surface area contributed by atoms with E-state index in [0.29, 0.717) is 17.0 Å². The Morgan fingerprint density at radius 1 is 1.14 bits per heavy atom. The average Bonchev–Trinajstić information content (AvgIpc) is 3.10. The number of sulfone groups is 1. The Bertz CT molecular complexity index is 1110. The van der Waals surface area contributed by atoms with Crippen molar-refractivity contribution in [3.8, 4) is 17.0 Å². The molecular formula is C18H14F2N2O4S2. The minimum atomic E-state index is -3.30. The maximum absolute atomic E-state index is 13.3. The molecule has 1 heterocycles. The predicted octanol–water partition coefficient (Wildman–Crippen LogP) is 3.51. The summed E-state index contributed by atoms with van der Waals surface area (Å²) >= 11 is 1.13. The molecule has 0 spiro atoms. The molecule has 0 saturated heterocycles. The summed E-state index contributed by atoms with van der Waals surface area (Å²) in [6.07, 6.45) is 1.10. The van der Waals surface area contributed by atoms with Crippen LogP contribution < -0.4 is 10.1 Å². The molecule has 6 nitrogen and oxygen atoms in total. The second kappa shape index (κ2) is 8.03. The number of hydrogen-bond donors (Lipinski definition) is 1.